The smallest absolute Gasteiger partial charge is 0.345 e. The molecule has 4 aromatic rings. The number of nitro benzene ring substituents is 1. The van der Waals surface area contributed by atoms with Gasteiger partial charge in [0.2, 0.25) is 0 Å². The third kappa shape index (κ3) is 9.61. The summed E-state index contributed by atoms with van der Waals surface area (Å²) in [5, 5.41) is 11.3. The molecule has 0 atom stereocenters. The fraction of sp³-hybridized carbons (Fsp3) is 0.235. The maximum Gasteiger partial charge on any atom is 0.345 e. The number of benzene rings is 4. The van der Waals surface area contributed by atoms with E-state index in [1.54, 1.807) is 38.1 Å². The van der Waals surface area contributed by atoms with E-state index >= 15 is 0 Å². The first-order chi connectivity index (χ1) is 24.5. The highest BCUT2D eigenvalue weighted by Gasteiger charge is 2.26. The lowest BCUT2D eigenvalue weighted by molar-refractivity contribution is -0.385. The molecule has 0 fully saturated rings. The largest absolute Gasteiger partial charge is 0.493 e. The lowest BCUT2D eigenvalue weighted by Crippen LogP contribution is -2.09. The zero-order valence-corrected chi connectivity index (χ0v) is 25.0. The van der Waals surface area contributed by atoms with Crippen LogP contribution in [0.5, 0.6) is 23.0 Å². The minimum Gasteiger partial charge on any atom is -0.493 e. The van der Waals surface area contributed by atoms with Gasteiger partial charge in [0.05, 0.1) is 57.8 Å². The lowest BCUT2D eigenvalue weighted by Gasteiger charge is -2.14. The minimum absolute atomic E-state index is 0.00227. The number of carbonyl (C=O) groups excluding carboxylic acids is 2. The van der Waals surface area contributed by atoms with Crippen molar-refractivity contribution in [1.82, 2.24) is 0 Å². The van der Waals surface area contributed by atoms with E-state index in [0.717, 1.165) is 23.3 Å². The summed E-state index contributed by atoms with van der Waals surface area (Å²) in [4.78, 5) is 34.5. The topological polar surface area (TPSA) is 159 Å². The van der Waals surface area contributed by atoms with Gasteiger partial charge in [-0.15, -0.1) is 0 Å². The summed E-state index contributed by atoms with van der Waals surface area (Å²) in [6, 6.07) is 22.7. The Hall–Kier alpha value is -5.78. The summed E-state index contributed by atoms with van der Waals surface area (Å²) in [5.74, 6) is -2.09. The average Bonchev–Trinajstić information content (AvgIpc) is 3.07. The molecular formula is C34H36N2O10. The van der Waals surface area contributed by atoms with E-state index in [-0.39, 0.29) is 60.7 Å². The van der Waals surface area contributed by atoms with E-state index in [1.165, 1.54) is 12.1 Å². The number of hydrogen-bond acceptors (Lipinski definition) is 11. The number of rotatable bonds is 13. The second-order valence-corrected chi connectivity index (χ2v) is 9.15. The van der Waals surface area contributed by atoms with Gasteiger partial charge < -0.3 is 34.2 Å². The Morgan fingerprint density at radius 3 is 1.63 bits per heavy atom. The predicted octanol–water partition coefficient (Wildman–Crippen LogP) is 6.39. The van der Waals surface area contributed by atoms with Crippen molar-refractivity contribution in [3.63, 3.8) is 0 Å². The molecule has 242 valence electrons. The van der Waals surface area contributed by atoms with Crippen LogP contribution in [0.15, 0.2) is 84.9 Å². The van der Waals surface area contributed by atoms with Crippen molar-refractivity contribution < 1.29 is 51.2 Å². The molecule has 0 bridgehead atoms. The first kappa shape index (κ1) is 26.6. The van der Waals surface area contributed by atoms with Gasteiger partial charge in [0.15, 0.2) is 23.0 Å². The van der Waals surface area contributed by atoms with Gasteiger partial charge in [-0.05, 0) is 25.0 Å². The summed E-state index contributed by atoms with van der Waals surface area (Å²) in [6.45, 7) is 3.58. The zero-order chi connectivity index (χ0) is 38.5. The molecule has 0 saturated carbocycles. The molecule has 0 radical (unpaired) electrons. The van der Waals surface area contributed by atoms with Crippen LogP contribution in [0, 0.1) is 10.1 Å². The molecule has 2 N–H and O–H groups in total. The molecule has 12 nitrogen and oxygen atoms in total. The Morgan fingerprint density at radius 1 is 0.717 bits per heavy atom. The Morgan fingerprint density at radius 2 is 1.17 bits per heavy atom. The molecule has 0 aromatic heterocycles. The maximum atomic E-state index is 12.0. The molecule has 0 amide bonds. The lowest BCUT2D eigenvalue weighted by atomic mass is 10.1. The van der Waals surface area contributed by atoms with E-state index in [2.05, 4.69) is 0 Å². The van der Waals surface area contributed by atoms with Crippen molar-refractivity contribution >= 4 is 23.3 Å². The second-order valence-electron chi connectivity index (χ2n) is 9.15. The van der Waals surface area contributed by atoms with E-state index in [9.17, 15) is 19.7 Å². The minimum atomic E-state index is -2.84. The number of methoxy groups -OCH3 is 2. The molecule has 0 spiro atoms. The number of esters is 2. The normalized spacial score (nSPS) is 12.6. The monoisotopic (exact) mass is 638 g/mol. The molecule has 0 aliphatic carbocycles. The molecule has 4 rings (SSSR count). The maximum absolute atomic E-state index is 12.0. The quantitative estimate of drug-likeness (QED) is 0.0748. The first-order valence-corrected chi connectivity index (χ1v) is 13.8. The molecule has 0 saturated heterocycles. The number of ether oxygens (including phenoxy) is 6. The van der Waals surface area contributed by atoms with E-state index in [4.69, 9.17) is 42.4 Å². The molecule has 0 aliphatic heterocycles. The van der Waals surface area contributed by atoms with Gasteiger partial charge in [-0.2, -0.15) is 0 Å². The van der Waals surface area contributed by atoms with Crippen LogP contribution in [0.3, 0.4) is 0 Å². The number of nitro groups is 1. The van der Waals surface area contributed by atoms with Crippen LogP contribution >= 0.6 is 0 Å². The molecule has 46 heavy (non-hydrogen) atoms. The number of nitrogen functional groups attached to an aromatic ring is 1. The fourth-order valence-electron chi connectivity index (χ4n) is 3.89. The fourth-order valence-corrected chi connectivity index (χ4v) is 3.89. The summed E-state index contributed by atoms with van der Waals surface area (Å²) >= 11 is 0. The van der Waals surface area contributed by atoms with Gasteiger partial charge in [-0.1, -0.05) is 60.7 Å². The van der Waals surface area contributed by atoms with Crippen LogP contribution in [-0.2, 0) is 22.7 Å². The van der Waals surface area contributed by atoms with Gasteiger partial charge in [-0.25, -0.2) is 9.59 Å². The number of anilines is 1. The van der Waals surface area contributed by atoms with Gasteiger partial charge in [-0.3, -0.25) is 10.1 Å². The summed E-state index contributed by atoms with van der Waals surface area (Å²) < 4.78 is 74.3. The third-order valence-electron chi connectivity index (χ3n) is 6.06. The summed E-state index contributed by atoms with van der Waals surface area (Å²) in [7, 11) is -5.54. The Bertz CT molecular complexity index is 1820. The van der Waals surface area contributed by atoms with Gasteiger partial charge in [0.1, 0.15) is 18.8 Å². The van der Waals surface area contributed by atoms with Crippen molar-refractivity contribution in [2.24, 2.45) is 0 Å². The average molecular weight is 639 g/mol. The number of hydrogen-bond donors (Lipinski definition) is 1. The Labute approximate surface area is 275 Å². The predicted molar refractivity (Wildman–Crippen MR) is 171 cm³/mol. The van der Waals surface area contributed by atoms with E-state index in [0.29, 0.717) is 0 Å². The van der Waals surface area contributed by atoms with Crippen LogP contribution in [0.25, 0.3) is 0 Å². The first-order valence-electron chi connectivity index (χ1n) is 16.8. The highest BCUT2D eigenvalue weighted by molar-refractivity contribution is 5.96. The van der Waals surface area contributed by atoms with E-state index in [1.807, 2.05) is 36.4 Å². The SMILES string of the molecule is [2H]C([2H])([2H])Oc1cc(C(=O)OCC)c(N)cc1OCc1ccccc1.[2H]C([2H])([2H])Oc1cc(C(=O)OCC)c([N+](=O)[O-])cc1OCc1ccccc1. The Balaban J connectivity index is 0.000000281. The highest BCUT2D eigenvalue weighted by Crippen LogP contribution is 2.36. The highest BCUT2D eigenvalue weighted by atomic mass is 16.6. The van der Waals surface area contributed by atoms with Crippen molar-refractivity contribution in [3.8, 4) is 23.0 Å². The zero-order valence-electron chi connectivity index (χ0n) is 31.0. The van der Waals surface area contributed by atoms with E-state index < -0.39 is 42.2 Å². The van der Waals surface area contributed by atoms with Crippen LogP contribution in [0.4, 0.5) is 11.4 Å². The van der Waals surface area contributed by atoms with Gasteiger partial charge >= 0.3 is 11.9 Å². The Kier molecular flexibility index (Phi) is 10.1. The van der Waals surface area contributed by atoms with Crippen molar-refractivity contribution in [3.05, 3.63) is 117 Å². The molecule has 4 aromatic carbocycles. The molecular weight excluding hydrogens is 596 g/mol. The van der Waals surface area contributed by atoms with Crippen molar-refractivity contribution in [1.29, 1.82) is 0 Å². The van der Waals surface area contributed by atoms with Crippen LogP contribution < -0.4 is 24.7 Å². The number of nitrogens with two attached hydrogens (primary N) is 1. The second kappa shape index (κ2) is 17.5. The molecule has 0 aliphatic rings. The third-order valence-corrected chi connectivity index (χ3v) is 6.06. The number of nitrogens with zero attached hydrogens (tertiary/aromatic N) is 1. The van der Waals surface area contributed by atoms with Gasteiger partial charge in [0.25, 0.3) is 5.69 Å². The molecule has 0 heterocycles. The summed E-state index contributed by atoms with van der Waals surface area (Å²) in [5.41, 5.74) is 6.65. The van der Waals surface area contributed by atoms with Crippen LogP contribution in [0.1, 0.15) is 53.9 Å². The standard InChI is InChI=1S/C17H17NO6.C17H19NO4/c1-3-23-17(19)13-9-15(22-2)16(10-14(13)18(20)21)24-11-12-7-5-4-6-8-12;1-3-21-17(19)13-9-15(20-2)16(10-14(13)18)22-11-12-7-5-4-6-8-12/h4-10H,3,11H2,1-2H3;4-10H,3,11,18H2,1-2H3/i2*2D3. The molecule has 0 unspecified atom stereocenters. The van der Waals surface area contributed by atoms with Gasteiger partial charge in [0, 0.05) is 18.2 Å². The van der Waals surface area contributed by atoms with Crippen molar-refractivity contribution in [2.75, 3.05) is 33.0 Å². The number of carbonyl (C=O) groups is 2. The summed E-state index contributed by atoms with van der Waals surface area (Å²) in [6.07, 6.45) is 0. The van der Waals surface area contributed by atoms with Crippen LogP contribution in [0.2, 0.25) is 0 Å². The van der Waals surface area contributed by atoms with Crippen LogP contribution in [-0.4, -0.2) is 44.2 Å². The molecule has 12 heteroatoms. The van der Waals surface area contributed by atoms with Crippen molar-refractivity contribution in [2.45, 2.75) is 27.1 Å².